The van der Waals surface area contributed by atoms with E-state index in [9.17, 15) is 0 Å². The van der Waals surface area contributed by atoms with Gasteiger partial charge < -0.3 is 0 Å². The second-order valence-corrected chi connectivity index (χ2v) is 3.15. The maximum absolute atomic E-state index is 2.16. The Morgan fingerprint density at radius 1 is 0.571 bits per heavy atom. The van der Waals surface area contributed by atoms with Crippen molar-refractivity contribution in [2.75, 3.05) is 0 Å². The van der Waals surface area contributed by atoms with Gasteiger partial charge in [-0.15, -0.1) is 0 Å². The first-order chi connectivity index (χ1) is 6.45. The summed E-state index contributed by atoms with van der Waals surface area (Å²) in [5.41, 5.74) is 2.74. The normalized spacial score (nSPS) is 9.14. The molecule has 0 nitrogen and oxygen atoms in total. The van der Waals surface area contributed by atoms with Crippen molar-refractivity contribution >= 4 is 26.2 Å². The number of hydrogen-bond acceptors (Lipinski definition) is 0. The Kier molecular flexibility index (Phi) is 4.83. The van der Waals surface area contributed by atoms with Gasteiger partial charge in [-0.2, -0.15) is 0 Å². The Morgan fingerprint density at radius 3 is 1.29 bits per heavy atom. The van der Waals surface area contributed by atoms with E-state index in [0.29, 0.717) is 0 Å². The molecule has 0 amide bonds. The summed E-state index contributed by atoms with van der Waals surface area (Å²) < 4.78 is 0. The van der Waals surface area contributed by atoms with Gasteiger partial charge in [0.1, 0.15) is 0 Å². The van der Waals surface area contributed by atoms with E-state index in [2.05, 4.69) is 60.7 Å². The van der Waals surface area contributed by atoms with E-state index in [1.54, 1.807) is 0 Å². The van der Waals surface area contributed by atoms with Crippen LogP contribution < -0.4 is 0 Å². The van der Waals surface area contributed by atoms with E-state index in [-0.39, 0.29) is 26.2 Å². The SMILES string of the molecule is [BiH3].c1ccc(Cc2ccccc2)cc1. The van der Waals surface area contributed by atoms with E-state index in [1.165, 1.54) is 11.1 Å². The second-order valence-electron chi connectivity index (χ2n) is 3.15. The van der Waals surface area contributed by atoms with Gasteiger partial charge in [0.25, 0.3) is 0 Å². The first kappa shape index (κ1) is 11.4. The fourth-order valence-electron chi connectivity index (χ4n) is 1.43. The Labute approximate surface area is 104 Å². The summed E-state index contributed by atoms with van der Waals surface area (Å²) in [4.78, 5) is 0. The van der Waals surface area contributed by atoms with Gasteiger partial charge in [-0.1, -0.05) is 60.7 Å². The van der Waals surface area contributed by atoms with Crippen molar-refractivity contribution in [3.8, 4) is 0 Å². The van der Waals surface area contributed by atoms with Crippen molar-refractivity contribution < 1.29 is 0 Å². The van der Waals surface area contributed by atoms with Crippen LogP contribution >= 0.6 is 0 Å². The number of rotatable bonds is 2. The monoisotopic (exact) mass is 380 g/mol. The van der Waals surface area contributed by atoms with E-state index in [1.807, 2.05) is 0 Å². The molecule has 14 heavy (non-hydrogen) atoms. The van der Waals surface area contributed by atoms with Crippen LogP contribution in [0.25, 0.3) is 0 Å². The molecule has 0 radical (unpaired) electrons. The molecule has 0 aromatic heterocycles. The van der Waals surface area contributed by atoms with Gasteiger partial charge in [-0.05, 0) is 17.5 Å². The second kappa shape index (κ2) is 5.93. The van der Waals surface area contributed by atoms with Gasteiger partial charge in [0.2, 0.25) is 0 Å². The molecule has 0 aliphatic heterocycles. The van der Waals surface area contributed by atoms with E-state index >= 15 is 0 Å². The topological polar surface area (TPSA) is 0 Å². The summed E-state index contributed by atoms with van der Waals surface area (Å²) in [7, 11) is 0. The van der Waals surface area contributed by atoms with Gasteiger partial charge in [0.15, 0.2) is 0 Å². The summed E-state index contributed by atoms with van der Waals surface area (Å²) in [6.45, 7) is 0. The fourth-order valence-corrected chi connectivity index (χ4v) is 1.43. The molecule has 0 atom stereocenters. The summed E-state index contributed by atoms with van der Waals surface area (Å²) in [6, 6.07) is 21.1. The van der Waals surface area contributed by atoms with E-state index in [0.717, 1.165) is 6.42 Å². The molecule has 0 aliphatic rings. The summed E-state index contributed by atoms with van der Waals surface area (Å²) in [6.07, 6.45) is 1.03. The molecule has 0 heterocycles. The van der Waals surface area contributed by atoms with Crippen molar-refractivity contribution in [2.45, 2.75) is 6.42 Å². The largest absolute Gasteiger partial charge is 0.0622 e. The summed E-state index contributed by atoms with van der Waals surface area (Å²) >= 11 is 0. The van der Waals surface area contributed by atoms with E-state index in [4.69, 9.17) is 0 Å². The fraction of sp³-hybridized carbons (Fsp3) is 0.0769. The molecule has 0 N–H and O–H groups in total. The maximum Gasteiger partial charge on any atom is -0.00258 e. The molecular formula is C13H15Bi. The van der Waals surface area contributed by atoms with Crippen LogP contribution in [-0.2, 0) is 6.42 Å². The van der Waals surface area contributed by atoms with E-state index < -0.39 is 0 Å². The van der Waals surface area contributed by atoms with Crippen LogP contribution in [0.5, 0.6) is 0 Å². The Bertz CT molecular complexity index is 316. The Hall–Kier alpha value is -0.677. The Morgan fingerprint density at radius 2 is 0.929 bits per heavy atom. The molecule has 2 aromatic carbocycles. The van der Waals surface area contributed by atoms with Crippen LogP contribution in [0.3, 0.4) is 0 Å². The molecule has 72 valence electrons. The van der Waals surface area contributed by atoms with Gasteiger partial charge in [-0.25, -0.2) is 0 Å². The molecule has 0 saturated carbocycles. The zero-order valence-corrected chi connectivity index (χ0v) is 13.7. The van der Waals surface area contributed by atoms with Crippen molar-refractivity contribution in [3.63, 3.8) is 0 Å². The van der Waals surface area contributed by atoms with Crippen LogP contribution in [0.1, 0.15) is 11.1 Å². The molecule has 0 spiro atoms. The van der Waals surface area contributed by atoms with Crippen molar-refractivity contribution in [3.05, 3.63) is 71.8 Å². The van der Waals surface area contributed by atoms with Crippen molar-refractivity contribution in [1.29, 1.82) is 0 Å². The Balaban J connectivity index is 0.000000980. The van der Waals surface area contributed by atoms with Gasteiger partial charge in [0.05, 0.1) is 0 Å². The maximum atomic E-state index is 2.16. The molecule has 0 saturated heterocycles. The average molecular weight is 380 g/mol. The predicted molar refractivity (Wildman–Crippen MR) is 65.6 cm³/mol. The molecule has 0 aliphatic carbocycles. The van der Waals surface area contributed by atoms with Crippen molar-refractivity contribution in [2.24, 2.45) is 0 Å². The third-order valence-electron chi connectivity index (χ3n) is 2.09. The third-order valence-corrected chi connectivity index (χ3v) is 2.09. The number of benzene rings is 2. The zero-order valence-electron chi connectivity index (χ0n) is 8.19. The van der Waals surface area contributed by atoms with Crippen LogP contribution in [-0.4, -0.2) is 26.2 Å². The molecule has 2 aromatic rings. The molecule has 2 rings (SSSR count). The summed E-state index contributed by atoms with van der Waals surface area (Å²) in [5.74, 6) is 0. The standard InChI is InChI=1S/C13H12.Bi.3H/c1-3-7-12(8-4-1)11-13-9-5-2-6-10-13;;;;/h1-10H,11H2;;;;. The molecule has 1 heteroatoms. The minimum absolute atomic E-state index is 0. The smallest absolute Gasteiger partial charge is 0.00258 e. The molecule has 0 fully saturated rings. The average Bonchev–Trinajstić information content (AvgIpc) is 2.21. The van der Waals surface area contributed by atoms with Gasteiger partial charge >= 0.3 is 26.2 Å². The minimum Gasteiger partial charge on any atom is -0.0622 e. The molecule has 0 unspecified atom stereocenters. The van der Waals surface area contributed by atoms with Gasteiger partial charge in [0, 0.05) is 0 Å². The van der Waals surface area contributed by atoms with Gasteiger partial charge in [-0.3, -0.25) is 0 Å². The number of hydrogen-bond donors (Lipinski definition) is 0. The quantitative estimate of drug-likeness (QED) is 0.701. The van der Waals surface area contributed by atoms with Crippen LogP contribution in [0.2, 0.25) is 0 Å². The van der Waals surface area contributed by atoms with Crippen LogP contribution in [0.15, 0.2) is 60.7 Å². The van der Waals surface area contributed by atoms with Crippen molar-refractivity contribution in [1.82, 2.24) is 0 Å². The zero-order chi connectivity index (χ0) is 8.93. The summed E-state index contributed by atoms with van der Waals surface area (Å²) in [5, 5.41) is 0. The molecule has 0 bridgehead atoms. The minimum atomic E-state index is 0. The first-order valence-electron chi connectivity index (χ1n) is 4.53. The van der Waals surface area contributed by atoms with Crippen LogP contribution in [0.4, 0.5) is 0 Å². The third kappa shape index (κ3) is 3.23. The molecular weight excluding hydrogens is 365 g/mol. The van der Waals surface area contributed by atoms with Crippen LogP contribution in [0, 0.1) is 0 Å². The predicted octanol–water partition coefficient (Wildman–Crippen LogP) is 2.09. The first-order valence-corrected chi connectivity index (χ1v) is 4.53.